The minimum Gasteiger partial charge on any atom is -0.372 e. The van der Waals surface area contributed by atoms with Gasteiger partial charge in [0.1, 0.15) is 0 Å². The number of benzene rings is 1. The van der Waals surface area contributed by atoms with Crippen molar-refractivity contribution < 1.29 is 4.79 Å². The predicted molar refractivity (Wildman–Crippen MR) is 67.0 cm³/mol. The van der Waals surface area contributed by atoms with Gasteiger partial charge in [-0.1, -0.05) is 0 Å². The standard InChI is InChI=1S/C13H18N2O/c1-11(16)14(2)12-5-7-13(8-6-12)15-9-3-4-10-15/h5-8H,3-4,9-10H2,1-2H3. The van der Waals surface area contributed by atoms with Crippen LogP contribution in [0.5, 0.6) is 0 Å². The molecule has 1 aliphatic rings. The van der Waals surface area contributed by atoms with Gasteiger partial charge in [-0.3, -0.25) is 4.79 Å². The van der Waals surface area contributed by atoms with E-state index < -0.39 is 0 Å². The van der Waals surface area contributed by atoms with E-state index in [-0.39, 0.29) is 5.91 Å². The molecule has 1 aromatic rings. The zero-order chi connectivity index (χ0) is 11.5. The Morgan fingerprint density at radius 1 is 1.19 bits per heavy atom. The van der Waals surface area contributed by atoms with Crippen molar-refractivity contribution in [3.05, 3.63) is 24.3 Å². The lowest BCUT2D eigenvalue weighted by Crippen LogP contribution is -2.23. The predicted octanol–water partition coefficient (Wildman–Crippen LogP) is 2.27. The summed E-state index contributed by atoms with van der Waals surface area (Å²) in [6.45, 7) is 3.89. The van der Waals surface area contributed by atoms with Gasteiger partial charge in [-0.15, -0.1) is 0 Å². The molecule has 0 bridgehead atoms. The van der Waals surface area contributed by atoms with Crippen molar-refractivity contribution >= 4 is 17.3 Å². The Labute approximate surface area is 96.7 Å². The molecule has 1 saturated heterocycles. The van der Waals surface area contributed by atoms with Gasteiger partial charge in [0.15, 0.2) is 0 Å². The third-order valence-electron chi connectivity index (χ3n) is 3.18. The van der Waals surface area contributed by atoms with Crippen molar-refractivity contribution in [2.45, 2.75) is 19.8 Å². The van der Waals surface area contributed by atoms with Gasteiger partial charge in [-0.25, -0.2) is 0 Å². The molecule has 16 heavy (non-hydrogen) atoms. The van der Waals surface area contributed by atoms with Crippen LogP contribution in [-0.2, 0) is 4.79 Å². The number of rotatable bonds is 2. The van der Waals surface area contributed by atoms with Crippen LogP contribution in [0.15, 0.2) is 24.3 Å². The maximum atomic E-state index is 11.2. The van der Waals surface area contributed by atoms with E-state index in [9.17, 15) is 4.79 Å². The van der Waals surface area contributed by atoms with Crippen LogP contribution in [-0.4, -0.2) is 26.0 Å². The summed E-state index contributed by atoms with van der Waals surface area (Å²) in [5.41, 5.74) is 2.22. The zero-order valence-corrected chi connectivity index (χ0v) is 9.94. The van der Waals surface area contributed by atoms with Crippen molar-refractivity contribution in [2.75, 3.05) is 29.9 Å². The summed E-state index contributed by atoms with van der Waals surface area (Å²) in [4.78, 5) is 15.2. The summed E-state index contributed by atoms with van der Waals surface area (Å²) in [7, 11) is 1.80. The highest BCUT2D eigenvalue weighted by Gasteiger charge is 2.12. The molecule has 2 rings (SSSR count). The number of nitrogens with zero attached hydrogens (tertiary/aromatic N) is 2. The van der Waals surface area contributed by atoms with Crippen molar-refractivity contribution in [1.82, 2.24) is 0 Å². The average molecular weight is 218 g/mol. The normalized spacial score (nSPS) is 15.2. The SMILES string of the molecule is CC(=O)N(C)c1ccc(N2CCCC2)cc1. The number of carbonyl (C=O) groups is 1. The molecular formula is C13H18N2O. The molecule has 1 aromatic carbocycles. The molecule has 3 heteroatoms. The molecule has 1 heterocycles. The molecule has 0 saturated carbocycles. The lowest BCUT2D eigenvalue weighted by Gasteiger charge is -2.20. The molecular weight excluding hydrogens is 200 g/mol. The van der Waals surface area contributed by atoms with E-state index in [0.29, 0.717) is 0 Å². The second kappa shape index (κ2) is 4.56. The maximum Gasteiger partial charge on any atom is 0.223 e. The van der Waals surface area contributed by atoms with Gasteiger partial charge in [-0.05, 0) is 37.1 Å². The van der Waals surface area contributed by atoms with Crippen LogP contribution in [0.25, 0.3) is 0 Å². The topological polar surface area (TPSA) is 23.6 Å². The summed E-state index contributed by atoms with van der Waals surface area (Å²) in [5.74, 6) is 0.0638. The van der Waals surface area contributed by atoms with Crippen LogP contribution in [0.1, 0.15) is 19.8 Å². The maximum absolute atomic E-state index is 11.2. The molecule has 1 fully saturated rings. The first-order chi connectivity index (χ1) is 7.68. The van der Waals surface area contributed by atoms with Gasteiger partial charge in [0.25, 0.3) is 0 Å². The summed E-state index contributed by atoms with van der Waals surface area (Å²) in [5, 5.41) is 0. The molecule has 1 aliphatic heterocycles. The van der Waals surface area contributed by atoms with Crippen LogP contribution >= 0.6 is 0 Å². The first-order valence-corrected chi connectivity index (χ1v) is 5.78. The molecule has 0 aliphatic carbocycles. The van der Waals surface area contributed by atoms with Gasteiger partial charge < -0.3 is 9.80 Å². The minimum atomic E-state index is 0.0638. The second-order valence-electron chi connectivity index (χ2n) is 4.29. The molecule has 0 atom stereocenters. The smallest absolute Gasteiger partial charge is 0.223 e. The van der Waals surface area contributed by atoms with E-state index in [1.165, 1.54) is 18.5 Å². The molecule has 0 radical (unpaired) electrons. The fourth-order valence-corrected chi connectivity index (χ4v) is 2.04. The minimum absolute atomic E-state index is 0.0638. The molecule has 0 aromatic heterocycles. The Morgan fingerprint density at radius 3 is 2.25 bits per heavy atom. The van der Waals surface area contributed by atoms with Gasteiger partial charge in [-0.2, -0.15) is 0 Å². The lowest BCUT2D eigenvalue weighted by atomic mass is 10.2. The Bertz CT molecular complexity index is 366. The van der Waals surface area contributed by atoms with Crippen LogP contribution in [0.4, 0.5) is 11.4 Å². The highest BCUT2D eigenvalue weighted by Crippen LogP contribution is 2.23. The quantitative estimate of drug-likeness (QED) is 0.760. The van der Waals surface area contributed by atoms with Gasteiger partial charge in [0.2, 0.25) is 5.91 Å². The fourth-order valence-electron chi connectivity index (χ4n) is 2.04. The Hall–Kier alpha value is -1.51. The van der Waals surface area contributed by atoms with E-state index in [2.05, 4.69) is 17.0 Å². The summed E-state index contributed by atoms with van der Waals surface area (Å²) >= 11 is 0. The number of amides is 1. The molecule has 3 nitrogen and oxygen atoms in total. The molecule has 0 spiro atoms. The Morgan fingerprint density at radius 2 is 1.75 bits per heavy atom. The lowest BCUT2D eigenvalue weighted by molar-refractivity contribution is -0.116. The summed E-state index contributed by atoms with van der Waals surface area (Å²) < 4.78 is 0. The molecule has 0 N–H and O–H groups in total. The second-order valence-corrected chi connectivity index (χ2v) is 4.29. The third kappa shape index (κ3) is 2.18. The van der Waals surface area contributed by atoms with Crippen molar-refractivity contribution in [2.24, 2.45) is 0 Å². The number of hydrogen-bond donors (Lipinski definition) is 0. The van der Waals surface area contributed by atoms with E-state index in [4.69, 9.17) is 0 Å². The van der Waals surface area contributed by atoms with Gasteiger partial charge >= 0.3 is 0 Å². The number of anilines is 2. The van der Waals surface area contributed by atoms with E-state index in [1.54, 1.807) is 18.9 Å². The Kier molecular flexibility index (Phi) is 3.13. The van der Waals surface area contributed by atoms with Crippen LogP contribution in [0.2, 0.25) is 0 Å². The van der Waals surface area contributed by atoms with Gasteiger partial charge in [0.05, 0.1) is 0 Å². The highest BCUT2D eigenvalue weighted by molar-refractivity contribution is 5.91. The van der Waals surface area contributed by atoms with E-state index >= 15 is 0 Å². The van der Waals surface area contributed by atoms with Crippen molar-refractivity contribution in [3.8, 4) is 0 Å². The monoisotopic (exact) mass is 218 g/mol. The molecule has 1 amide bonds. The first kappa shape index (κ1) is 11.0. The zero-order valence-electron chi connectivity index (χ0n) is 9.94. The first-order valence-electron chi connectivity index (χ1n) is 5.78. The van der Waals surface area contributed by atoms with E-state index in [1.807, 2.05) is 12.1 Å². The number of carbonyl (C=O) groups excluding carboxylic acids is 1. The number of hydrogen-bond acceptors (Lipinski definition) is 2. The molecule has 0 unspecified atom stereocenters. The summed E-state index contributed by atoms with van der Waals surface area (Å²) in [6.07, 6.45) is 2.57. The highest BCUT2D eigenvalue weighted by atomic mass is 16.2. The van der Waals surface area contributed by atoms with Crippen LogP contribution in [0.3, 0.4) is 0 Å². The van der Waals surface area contributed by atoms with E-state index in [0.717, 1.165) is 18.8 Å². The van der Waals surface area contributed by atoms with Crippen molar-refractivity contribution in [3.63, 3.8) is 0 Å². The third-order valence-corrected chi connectivity index (χ3v) is 3.18. The van der Waals surface area contributed by atoms with Gasteiger partial charge in [0, 0.05) is 38.4 Å². The van der Waals surface area contributed by atoms with Crippen LogP contribution in [0, 0.1) is 0 Å². The Balaban J connectivity index is 2.12. The summed E-state index contributed by atoms with van der Waals surface area (Å²) in [6, 6.07) is 8.21. The van der Waals surface area contributed by atoms with Crippen LogP contribution < -0.4 is 9.80 Å². The molecule has 86 valence electrons. The average Bonchev–Trinajstić information content (AvgIpc) is 2.81. The van der Waals surface area contributed by atoms with Crippen molar-refractivity contribution in [1.29, 1.82) is 0 Å². The largest absolute Gasteiger partial charge is 0.372 e. The fraction of sp³-hybridized carbons (Fsp3) is 0.462.